The SMILES string of the molecule is c1ccc(-c2cc(-c3nc(-c4ccccc4)nc(-c4ccc5ccccc5c4)n3)c3c(c2)oc2cc(-n4c5ccccc5c5ccccc54)ccc23)cc1. The molecule has 11 rings (SSSR count). The lowest BCUT2D eigenvalue weighted by molar-refractivity contribution is 0.669. The molecule has 0 N–H and O–H groups in total. The number of benzene rings is 8. The second kappa shape index (κ2) is 12.1. The molecule has 11 aromatic rings. The number of aromatic nitrogens is 4. The van der Waals surface area contributed by atoms with Crippen LogP contribution in [0.4, 0.5) is 0 Å². The van der Waals surface area contributed by atoms with Gasteiger partial charge in [-0.25, -0.2) is 15.0 Å². The third-order valence-corrected chi connectivity index (χ3v) is 10.4. The summed E-state index contributed by atoms with van der Waals surface area (Å²) in [4.78, 5) is 15.5. The van der Waals surface area contributed by atoms with E-state index >= 15 is 0 Å². The summed E-state index contributed by atoms with van der Waals surface area (Å²) >= 11 is 0. The Morgan fingerprint density at radius 1 is 0.370 bits per heavy atom. The van der Waals surface area contributed by atoms with Crippen LogP contribution >= 0.6 is 0 Å². The molecule has 0 saturated heterocycles. The molecule has 5 nitrogen and oxygen atoms in total. The zero-order valence-electron chi connectivity index (χ0n) is 29.0. The van der Waals surface area contributed by atoms with Gasteiger partial charge in [0.25, 0.3) is 0 Å². The van der Waals surface area contributed by atoms with Crippen LogP contribution < -0.4 is 0 Å². The molecule has 0 bridgehead atoms. The minimum Gasteiger partial charge on any atom is -0.456 e. The molecule has 0 radical (unpaired) electrons. The average molecular weight is 691 g/mol. The number of hydrogen-bond acceptors (Lipinski definition) is 4. The first-order chi connectivity index (χ1) is 26.7. The standard InChI is InChI=1S/C49H30N4O/c1-3-13-31(14-4-1)36-28-41(49-51-47(33-16-5-2-6-17-33)50-48(52-49)35-24-23-32-15-7-8-18-34(32)27-35)46-40-26-25-37(30-44(40)54-45(46)29-36)53-42-21-11-9-19-38(42)39-20-10-12-22-43(39)53/h1-30H. The second-order valence-corrected chi connectivity index (χ2v) is 13.6. The number of nitrogens with zero attached hydrogens (tertiary/aromatic N) is 4. The van der Waals surface area contributed by atoms with Crippen LogP contribution in [0.1, 0.15) is 0 Å². The molecule has 0 aliphatic carbocycles. The van der Waals surface area contributed by atoms with Gasteiger partial charge in [0.15, 0.2) is 17.5 Å². The number of hydrogen-bond donors (Lipinski definition) is 0. The van der Waals surface area contributed by atoms with Crippen LogP contribution in [0, 0.1) is 0 Å². The van der Waals surface area contributed by atoms with Gasteiger partial charge in [0.2, 0.25) is 0 Å². The minimum absolute atomic E-state index is 0.587. The minimum atomic E-state index is 0.587. The zero-order valence-corrected chi connectivity index (χ0v) is 29.0. The van der Waals surface area contributed by atoms with E-state index in [4.69, 9.17) is 19.4 Å². The quantitative estimate of drug-likeness (QED) is 0.180. The maximum Gasteiger partial charge on any atom is 0.164 e. The maximum atomic E-state index is 6.83. The third-order valence-electron chi connectivity index (χ3n) is 10.4. The van der Waals surface area contributed by atoms with Gasteiger partial charge in [-0.15, -0.1) is 0 Å². The number of fused-ring (bicyclic) bond motifs is 7. The topological polar surface area (TPSA) is 56.7 Å². The summed E-state index contributed by atoms with van der Waals surface area (Å²) in [5.74, 6) is 1.82. The second-order valence-electron chi connectivity index (χ2n) is 13.6. The van der Waals surface area contributed by atoms with E-state index in [1.807, 2.05) is 36.4 Å². The van der Waals surface area contributed by atoms with Gasteiger partial charge in [-0.2, -0.15) is 0 Å². The lowest BCUT2D eigenvalue weighted by Gasteiger charge is -2.11. The van der Waals surface area contributed by atoms with Crippen LogP contribution in [-0.4, -0.2) is 19.5 Å². The third kappa shape index (κ3) is 4.90. The van der Waals surface area contributed by atoms with Gasteiger partial charge < -0.3 is 8.98 Å². The first-order valence-corrected chi connectivity index (χ1v) is 18.1. The maximum absolute atomic E-state index is 6.83. The molecule has 0 spiro atoms. The fraction of sp³-hybridized carbons (Fsp3) is 0. The molecular formula is C49H30N4O. The molecule has 8 aromatic carbocycles. The predicted octanol–water partition coefficient (Wildman–Crippen LogP) is 12.7. The number of furan rings is 1. The van der Waals surface area contributed by atoms with Crippen LogP contribution in [0.5, 0.6) is 0 Å². The summed E-state index contributed by atoms with van der Waals surface area (Å²) in [5.41, 5.74) is 9.75. The zero-order chi connectivity index (χ0) is 35.6. The van der Waals surface area contributed by atoms with Crippen molar-refractivity contribution in [1.82, 2.24) is 19.5 Å². The average Bonchev–Trinajstić information content (AvgIpc) is 3.79. The number of para-hydroxylation sites is 2. The van der Waals surface area contributed by atoms with Crippen LogP contribution in [0.3, 0.4) is 0 Å². The number of rotatable bonds is 5. The van der Waals surface area contributed by atoms with Crippen LogP contribution in [-0.2, 0) is 0 Å². The van der Waals surface area contributed by atoms with E-state index < -0.39 is 0 Å². The van der Waals surface area contributed by atoms with Gasteiger partial charge in [-0.1, -0.05) is 133 Å². The highest BCUT2D eigenvalue weighted by atomic mass is 16.3. The molecule has 252 valence electrons. The first kappa shape index (κ1) is 30.3. The van der Waals surface area contributed by atoms with E-state index in [0.717, 1.165) is 71.9 Å². The van der Waals surface area contributed by atoms with Gasteiger partial charge in [-0.3, -0.25) is 0 Å². The molecule has 0 aliphatic rings. The van der Waals surface area contributed by atoms with E-state index in [1.54, 1.807) is 0 Å². The molecule has 0 atom stereocenters. The molecule has 0 unspecified atom stereocenters. The highest BCUT2D eigenvalue weighted by molar-refractivity contribution is 6.14. The van der Waals surface area contributed by atoms with Crippen molar-refractivity contribution >= 4 is 54.5 Å². The molecule has 0 amide bonds. The van der Waals surface area contributed by atoms with Crippen molar-refractivity contribution in [1.29, 1.82) is 0 Å². The highest BCUT2D eigenvalue weighted by Gasteiger charge is 2.21. The van der Waals surface area contributed by atoms with E-state index in [-0.39, 0.29) is 0 Å². The van der Waals surface area contributed by atoms with Gasteiger partial charge in [-0.05, 0) is 64.4 Å². The van der Waals surface area contributed by atoms with E-state index in [9.17, 15) is 0 Å². The van der Waals surface area contributed by atoms with E-state index in [1.165, 1.54) is 16.2 Å². The lowest BCUT2D eigenvalue weighted by atomic mass is 9.98. The van der Waals surface area contributed by atoms with Crippen LogP contribution in [0.25, 0.3) is 105 Å². The normalized spacial score (nSPS) is 11.7. The smallest absolute Gasteiger partial charge is 0.164 e. The van der Waals surface area contributed by atoms with Crippen molar-refractivity contribution in [2.75, 3.05) is 0 Å². The molecule has 3 aromatic heterocycles. The van der Waals surface area contributed by atoms with Crippen molar-refractivity contribution in [3.63, 3.8) is 0 Å². The first-order valence-electron chi connectivity index (χ1n) is 18.1. The van der Waals surface area contributed by atoms with Crippen molar-refractivity contribution < 1.29 is 4.42 Å². The Balaban J connectivity index is 1.18. The van der Waals surface area contributed by atoms with Crippen LogP contribution in [0.2, 0.25) is 0 Å². The molecule has 5 heteroatoms. The summed E-state index contributed by atoms with van der Waals surface area (Å²) in [6.07, 6.45) is 0. The van der Waals surface area contributed by atoms with Crippen molar-refractivity contribution in [3.05, 3.63) is 182 Å². The largest absolute Gasteiger partial charge is 0.456 e. The Hall–Kier alpha value is -7.37. The Labute approximate surface area is 310 Å². The molecule has 54 heavy (non-hydrogen) atoms. The summed E-state index contributed by atoms with van der Waals surface area (Å²) in [5, 5.41) is 6.71. The molecular weight excluding hydrogens is 661 g/mol. The summed E-state index contributed by atoms with van der Waals surface area (Å²) in [6, 6.07) is 63.3. The van der Waals surface area contributed by atoms with Gasteiger partial charge in [0.1, 0.15) is 11.2 Å². The highest BCUT2D eigenvalue weighted by Crippen LogP contribution is 2.41. The molecule has 3 heterocycles. The summed E-state index contributed by atoms with van der Waals surface area (Å²) in [7, 11) is 0. The summed E-state index contributed by atoms with van der Waals surface area (Å²) in [6.45, 7) is 0. The lowest BCUT2D eigenvalue weighted by Crippen LogP contribution is -2.00. The fourth-order valence-corrected chi connectivity index (χ4v) is 7.88. The van der Waals surface area contributed by atoms with Gasteiger partial charge in [0.05, 0.1) is 11.0 Å². The fourth-order valence-electron chi connectivity index (χ4n) is 7.88. The Kier molecular flexibility index (Phi) is 6.79. The van der Waals surface area contributed by atoms with Crippen molar-refractivity contribution in [3.8, 4) is 51.0 Å². The molecule has 0 aliphatic heterocycles. The Morgan fingerprint density at radius 3 is 1.72 bits per heavy atom. The molecule has 0 fully saturated rings. The van der Waals surface area contributed by atoms with Crippen LogP contribution in [0.15, 0.2) is 186 Å². The van der Waals surface area contributed by atoms with Crippen molar-refractivity contribution in [2.45, 2.75) is 0 Å². The monoisotopic (exact) mass is 690 g/mol. The van der Waals surface area contributed by atoms with E-state index in [0.29, 0.717) is 17.5 Å². The van der Waals surface area contributed by atoms with Gasteiger partial charge >= 0.3 is 0 Å². The Morgan fingerprint density at radius 2 is 0.981 bits per heavy atom. The van der Waals surface area contributed by atoms with Crippen molar-refractivity contribution in [2.24, 2.45) is 0 Å². The van der Waals surface area contributed by atoms with E-state index in [2.05, 4.69) is 150 Å². The summed E-state index contributed by atoms with van der Waals surface area (Å²) < 4.78 is 9.15. The predicted molar refractivity (Wildman–Crippen MR) is 221 cm³/mol. The molecule has 0 saturated carbocycles. The Bertz CT molecular complexity index is 3160. The van der Waals surface area contributed by atoms with Gasteiger partial charge in [0, 0.05) is 50.0 Å².